The van der Waals surface area contributed by atoms with E-state index in [9.17, 15) is 0 Å². The second-order valence-electron chi connectivity index (χ2n) is 1.93. The van der Waals surface area contributed by atoms with Gasteiger partial charge in [-0.05, 0) is 24.7 Å². The minimum absolute atomic E-state index is 0.232. The molecular formula is C7H9BrN2. The molecule has 1 heterocycles. The molecule has 0 fully saturated rings. The van der Waals surface area contributed by atoms with Gasteiger partial charge in [0.05, 0.1) is 4.95 Å². The summed E-state index contributed by atoms with van der Waals surface area (Å²) in [6.07, 6.45) is 3.56. The van der Waals surface area contributed by atoms with Gasteiger partial charge in [-0.15, -0.1) is 0 Å². The molecule has 0 saturated heterocycles. The van der Waals surface area contributed by atoms with Gasteiger partial charge < -0.3 is 5.32 Å². The fourth-order valence-corrected chi connectivity index (χ4v) is 1.00. The Morgan fingerprint density at radius 3 is 2.60 bits per heavy atom. The second kappa shape index (κ2) is 3.68. The maximum atomic E-state index is 3.91. The molecule has 1 N–H and O–H groups in total. The molecule has 0 spiro atoms. The molecule has 1 atom stereocenters. The fourth-order valence-electron chi connectivity index (χ4n) is 0.699. The van der Waals surface area contributed by atoms with Crippen molar-refractivity contribution in [3.05, 3.63) is 30.1 Å². The highest BCUT2D eigenvalue weighted by atomic mass is 79.9. The summed E-state index contributed by atoms with van der Waals surface area (Å²) in [6.45, 7) is 0. The van der Waals surface area contributed by atoms with Crippen LogP contribution in [0.3, 0.4) is 0 Å². The first-order valence-electron chi connectivity index (χ1n) is 3.06. The number of hydrogen-bond donors (Lipinski definition) is 1. The monoisotopic (exact) mass is 200 g/mol. The Morgan fingerprint density at radius 1 is 1.50 bits per heavy atom. The summed E-state index contributed by atoms with van der Waals surface area (Å²) in [6, 6.07) is 3.94. The van der Waals surface area contributed by atoms with Gasteiger partial charge in [-0.25, -0.2) is 0 Å². The zero-order chi connectivity index (χ0) is 7.40. The van der Waals surface area contributed by atoms with E-state index in [-0.39, 0.29) is 4.95 Å². The van der Waals surface area contributed by atoms with Gasteiger partial charge in [0, 0.05) is 12.4 Å². The first-order valence-corrected chi connectivity index (χ1v) is 3.97. The number of pyridine rings is 1. The minimum atomic E-state index is 0.232. The molecule has 3 heteroatoms. The SMILES string of the molecule is CNC(Br)c1ccncc1. The Morgan fingerprint density at radius 2 is 2.10 bits per heavy atom. The molecule has 0 aliphatic carbocycles. The van der Waals surface area contributed by atoms with E-state index < -0.39 is 0 Å². The average Bonchev–Trinajstić information content (AvgIpc) is 2.05. The van der Waals surface area contributed by atoms with E-state index in [4.69, 9.17) is 0 Å². The molecule has 1 rings (SSSR count). The number of nitrogens with zero attached hydrogens (tertiary/aromatic N) is 1. The number of rotatable bonds is 2. The van der Waals surface area contributed by atoms with Crippen molar-refractivity contribution in [3.63, 3.8) is 0 Å². The molecule has 1 aromatic heterocycles. The number of halogens is 1. The highest BCUT2D eigenvalue weighted by Crippen LogP contribution is 2.16. The number of aromatic nitrogens is 1. The van der Waals surface area contributed by atoms with Crippen molar-refractivity contribution >= 4 is 15.9 Å². The summed E-state index contributed by atoms with van der Waals surface area (Å²) in [5.74, 6) is 0. The topological polar surface area (TPSA) is 24.9 Å². The zero-order valence-electron chi connectivity index (χ0n) is 5.71. The maximum Gasteiger partial charge on any atom is 0.0885 e. The van der Waals surface area contributed by atoms with E-state index in [0.717, 1.165) is 0 Å². The van der Waals surface area contributed by atoms with Crippen molar-refractivity contribution in [2.24, 2.45) is 0 Å². The van der Waals surface area contributed by atoms with E-state index >= 15 is 0 Å². The van der Waals surface area contributed by atoms with E-state index in [1.807, 2.05) is 19.2 Å². The van der Waals surface area contributed by atoms with Crippen LogP contribution < -0.4 is 5.32 Å². The van der Waals surface area contributed by atoms with Crippen LogP contribution in [0, 0.1) is 0 Å². The summed E-state index contributed by atoms with van der Waals surface area (Å²) in [7, 11) is 1.90. The third-order valence-corrected chi connectivity index (χ3v) is 2.24. The van der Waals surface area contributed by atoms with Crippen molar-refractivity contribution in [1.82, 2.24) is 10.3 Å². The van der Waals surface area contributed by atoms with Crippen LogP contribution in [0.15, 0.2) is 24.5 Å². The van der Waals surface area contributed by atoms with Crippen LogP contribution in [0.2, 0.25) is 0 Å². The molecule has 1 unspecified atom stereocenters. The predicted molar refractivity (Wildman–Crippen MR) is 45.0 cm³/mol. The van der Waals surface area contributed by atoms with Crippen LogP contribution in [0.1, 0.15) is 10.5 Å². The number of hydrogen-bond acceptors (Lipinski definition) is 2. The minimum Gasteiger partial charge on any atom is -0.304 e. The van der Waals surface area contributed by atoms with E-state index in [1.165, 1.54) is 5.56 Å². The van der Waals surface area contributed by atoms with E-state index in [2.05, 4.69) is 26.2 Å². The van der Waals surface area contributed by atoms with Gasteiger partial charge in [0.25, 0.3) is 0 Å². The lowest BCUT2D eigenvalue weighted by atomic mass is 10.3. The Kier molecular flexibility index (Phi) is 2.83. The summed E-state index contributed by atoms with van der Waals surface area (Å²) in [4.78, 5) is 4.15. The fraction of sp³-hybridized carbons (Fsp3) is 0.286. The Labute approximate surface area is 68.8 Å². The quantitative estimate of drug-likeness (QED) is 0.581. The van der Waals surface area contributed by atoms with Crippen LogP contribution >= 0.6 is 15.9 Å². The lowest BCUT2D eigenvalue weighted by Crippen LogP contribution is -2.08. The maximum absolute atomic E-state index is 3.91. The number of alkyl halides is 1. The molecule has 0 saturated carbocycles. The van der Waals surface area contributed by atoms with Crippen LogP contribution in [0.4, 0.5) is 0 Å². The van der Waals surface area contributed by atoms with Gasteiger partial charge in [-0.1, -0.05) is 15.9 Å². The highest BCUT2D eigenvalue weighted by molar-refractivity contribution is 9.09. The Hall–Kier alpha value is -0.410. The van der Waals surface area contributed by atoms with Crippen molar-refractivity contribution < 1.29 is 0 Å². The molecule has 54 valence electrons. The Bertz CT molecular complexity index is 188. The summed E-state index contributed by atoms with van der Waals surface area (Å²) < 4.78 is 0. The lowest BCUT2D eigenvalue weighted by Gasteiger charge is -2.06. The van der Waals surface area contributed by atoms with Crippen molar-refractivity contribution in [3.8, 4) is 0 Å². The highest BCUT2D eigenvalue weighted by Gasteiger charge is 2.00. The van der Waals surface area contributed by atoms with Crippen LogP contribution in [-0.4, -0.2) is 12.0 Å². The van der Waals surface area contributed by atoms with Gasteiger partial charge in [0.2, 0.25) is 0 Å². The summed E-state index contributed by atoms with van der Waals surface area (Å²) >= 11 is 3.45. The molecule has 0 aromatic carbocycles. The van der Waals surface area contributed by atoms with Crippen molar-refractivity contribution in [2.45, 2.75) is 4.95 Å². The molecular weight excluding hydrogens is 192 g/mol. The Balaban J connectivity index is 2.75. The first-order chi connectivity index (χ1) is 4.84. The van der Waals surface area contributed by atoms with Crippen molar-refractivity contribution in [1.29, 1.82) is 0 Å². The van der Waals surface area contributed by atoms with E-state index in [1.54, 1.807) is 12.4 Å². The van der Waals surface area contributed by atoms with Gasteiger partial charge in [-0.2, -0.15) is 0 Å². The van der Waals surface area contributed by atoms with Gasteiger partial charge >= 0.3 is 0 Å². The van der Waals surface area contributed by atoms with Gasteiger partial charge in [0.1, 0.15) is 0 Å². The largest absolute Gasteiger partial charge is 0.304 e. The third kappa shape index (κ3) is 1.78. The normalized spacial score (nSPS) is 13.0. The molecule has 1 aromatic rings. The molecule has 2 nitrogen and oxygen atoms in total. The molecule has 0 amide bonds. The molecule has 0 aliphatic heterocycles. The van der Waals surface area contributed by atoms with Gasteiger partial charge in [-0.3, -0.25) is 4.98 Å². The summed E-state index contributed by atoms with van der Waals surface area (Å²) in [5, 5.41) is 3.07. The van der Waals surface area contributed by atoms with Crippen molar-refractivity contribution in [2.75, 3.05) is 7.05 Å². The van der Waals surface area contributed by atoms with Crippen LogP contribution in [0.25, 0.3) is 0 Å². The summed E-state index contributed by atoms with van der Waals surface area (Å²) in [5.41, 5.74) is 1.19. The third-order valence-electron chi connectivity index (χ3n) is 1.25. The van der Waals surface area contributed by atoms with E-state index in [0.29, 0.717) is 0 Å². The second-order valence-corrected chi connectivity index (χ2v) is 2.85. The lowest BCUT2D eigenvalue weighted by molar-refractivity contribution is 0.807. The molecule has 10 heavy (non-hydrogen) atoms. The first kappa shape index (κ1) is 7.69. The standard InChI is InChI=1S/C7H9BrN2/c1-9-7(8)6-2-4-10-5-3-6/h2-5,7,9H,1H3. The smallest absolute Gasteiger partial charge is 0.0885 e. The van der Waals surface area contributed by atoms with Gasteiger partial charge in [0.15, 0.2) is 0 Å². The van der Waals surface area contributed by atoms with Crippen LogP contribution in [0.5, 0.6) is 0 Å². The average molecular weight is 201 g/mol. The van der Waals surface area contributed by atoms with Crippen LogP contribution in [-0.2, 0) is 0 Å². The molecule has 0 aliphatic rings. The zero-order valence-corrected chi connectivity index (χ0v) is 7.30. The predicted octanol–water partition coefficient (Wildman–Crippen LogP) is 1.69. The number of nitrogens with one attached hydrogen (secondary N) is 1. The molecule has 0 bridgehead atoms. The molecule has 0 radical (unpaired) electrons.